The van der Waals surface area contributed by atoms with Gasteiger partial charge in [-0.05, 0) is 0 Å². The topological polar surface area (TPSA) is 119 Å². The van der Waals surface area contributed by atoms with Gasteiger partial charge in [-0.1, -0.05) is 0 Å². The van der Waals surface area contributed by atoms with E-state index in [0.29, 0.717) is 11.5 Å². The second-order valence-electron chi connectivity index (χ2n) is 8.15. The summed E-state index contributed by atoms with van der Waals surface area (Å²) in [4.78, 5) is 21.0. The number of anilines is 2. The van der Waals surface area contributed by atoms with Crippen LogP contribution in [0.1, 0.15) is 62.6 Å². The molecule has 0 saturated carbocycles. The van der Waals surface area contributed by atoms with Gasteiger partial charge in [0.05, 0.1) is 0 Å². The number of nitrogens with zero attached hydrogens (tertiary/aromatic N) is 4. The standard InChI is InChI=1S/C21H28AsClN6O2/c1-10(2)16-17-18(29(28-16)11(3)4)19(27-21(26-17)22-9-12(5)24)25-13-6-7-14(20(30)31)15(23)8-13/h6-8,10-12,22H,9,24H2,1-5H3,(H,30,31)(H,25,26,27). The van der Waals surface area contributed by atoms with Crippen molar-refractivity contribution in [3.8, 4) is 0 Å². The number of aromatic nitrogens is 4. The van der Waals surface area contributed by atoms with Gasteiger partial charge in [0.1, 0.15) is 0 Å². The molecule has 2 atom stereocenters. The molecular weight excluding hydrogens is 479 g/mol. The van der Waals surface area contributed by atoms with Crippen LogP contribution in [0.5, 0.6) is 0 Å². The van der Waals surface area contributed by atoms with Crippen LogP contribution in [-0.2, 0) is 0 Å². The second-order valence-corrected chi connectivity index (χ2v) is 11.1. The number of hydrogen-bond donors (Lipinski definition) is 3. The van der Waals surface area contributed by atoms with Crippen molar-refractivity contribution >= 4 is 60.5 Å². The molecule has 4 N–H and O–H groups in total. The first kappa shape index (κ1) is 23.5. The number of nitrogens with one attached hydrogen (secondary N) is 1. The van der Waals surface area contributed by atoms with Gasteiger partial charge in [-0.3, -0.25) is 0 Å². The van der Waals surface area contributed by atoms with E-state index in [1.54, 1.807) is 12.1 Å². The maximum absolute atomic E-state index is 11.3. The average Bonchev–Trinajstić information content (AvgIpc) is 3.06. The summed E-state index contributed by atoms with van der Waals surface area (Å²) in [6.07, 6.45) is 0. The summed E-state index contributed by atoms with van der Waals surface area (Å²) >= 11 is 5.55. The summed E-state index contributed by atoms with van der Waals surface area (Å²) in [7, 11) is 0. The molecule has 2 heterocycles. The predicted molar refractivity (Wildman–Crippen MR) is 127 cm³/mol. The number of benzene rings is 1. The fraction of sp³-hybridized carbons (Fsp3) is 0.429. The van der Waals surface area contributed by atoms with E-state index < -0.39 is 21.7 Å². The second kappa shape index (κ2) is 9.55. The Kier molecular flexibility index (Phi) is 7.24. The van der Waals surface area contributed by atoms with Crippen LogP contribution in [0.15, 0.2) is 18.2 Å². The molecule has 0 spiro atoms. The number of carboxylic acids is 1. The number of carboxylic acid groups (broad SMARTS) is 1. The molecule has 0 amide bonds. The fourth-order valence-corrected chi connectivity index (χ4v) is 5.27. The Bertz CT molecular complexity index is 1110. The Hall–Kier alpha value is -2.15. The molecule has 1 aromatic carbocycles. The van der Waals surface area contributed by atoms with E-state index in [2.05, 4.69) is 33.0 Å². The van der Waals surface area contributed by atoms with Crippen molar-refractivity contribution in [2.24, 2.45) is 5.73 Å². The number of aromatic carboxylic acids is 1. The first-order valence-corrected chi connectivity index (χ1v) is 13.1. The molecule has 0 radical (unpaired) electrons. The minimum atomic E-state index is -1.07. The van der Waals surface area contributed by atoms with Crippen molar-refractivity contribution in [2.45, 2.75) is 57.8 Å². The van der Waals surface area contributed by atoms with E-state index in [4.69, 9.17) is 32.4 Å². The zero-order valence-electron chi connectivity index (χ0n) is 18.3. The van der Waals surface area contributed by atoms with Gasteiger partial charge in [-0.15, -0.1) is 0 Å². The van der Waals surface area contributed by atoms with E-state index in [1.165, 1.54) is 6.07 Å². The van der Waals surface area contributed by atoms with Crippen molar-refractivity contribution in [2.75, 3.05) is 5.32 Å². The van der Waals surface area contributed by atoms with Gasteiger partial charge in [0, 0.05) is 0 Å². The Labute approximate surface area is 193 Å². The molecule has 166 valence electrons. The quantitative estimate of drug-likeness (QED) is 0.400. The maximum atomic E-state index is 11.3. The summed E-state index contributed by atoms with van der Waals surface area (Å²) in [6, 6.07) is 4.97. The summed E-state index contributed by atoms with van der Waals surface area (Å²) in [5.74, 6) is -0.222. The van der Waals surface area contributed by atoms with Gasteiger partial charge >= 0.3 is 193 Å². The molecule has 0 aliphatic carbocycles. The van der Waals surface area contributed by atoms with E-state index in [1.807, 2.05) is 11.6 Å². The molecule has 10 heteroatoms. The van der Waals surface area contributed by atoms with Gasteiger partial charge in [-0.2, -0.15) is 0 Å². The van der Waals surface area contributed by atoms with Crippen LogP contribution in [0.3, 0.4) is 0 Å². The first-order valence-electron chi connectivity index (χ1n) is 10.2. The zero-order valence-corrected chi connectivity index (χ0v) is 21.1. The van der Waals surface area contributed by atoms with E-state index >= 15 is 0 Å². The van der Waals surface area contributed by atoms with Crippen LogP contribution in [-0.4, -0.2) is 52.6 Å². The summed E-state index contributed by atoms with van der Waals surface area (Å²) in [5, 5.41) is 18.5. The molecule has 2 aromatic heterocycles. The van der Waals surface area contributed by atoms with Crippen molar-refractivity contribution in [1.29, 1.82) is 0 Å². The third kappa shape index (κ3) is 5.19. The minimum absolute atomic E-state index is 0.0543. The number of fused-ring (bicyclic) bond motifs is 1. The molecule has 8 nitrogen and oxygen atoms in total. The van der Waals surface area contributed by atoms with Crippen molar-refractivity contribution in [1.82, 2.24) is 19.7 Å². The molecule has 0 bridgehead atoms. The predicted octanol–water partition coefficient (Wildman–Crippen LogP) is 3.45. The number of halogens is 1. The van der Waals surface area contributed by atoms with E-state index in [-0.39, 0.29) is 28.6 Å². The molecule has 0 aliphatic heterocycles. The molecule has 31 heavy (non-hydrogen) atoms. The molecule has 0 fully saturated rings. The summed E-state index contributed by atoms with van der Waals surface area (Å²) in [6.45, 7) is 10.3. The Morgan fingerprint density at radius 3 is 2.52 bits per heavy atom. The SMILES string of the molecule is CC(N)C[AsH]c1nc(Nc2ccc(C(=O)O)c(Cl)c2)c2c(n1)c(C(C)C)nn2C(C)C. The Morgan fingerprint density at radius 1 is 1.26 bits per heavy atom. The molecule has 3 aromatic rings. The van der Waals surface area contributed by atoms with Gasteiger partial charge in [0.2, 0.25) is 0 Å². The number of carbonyl (C=O) groups is 1. The average molecular weight is 507 g/mol. The number of rotatable bonds is 8. The molecule has 3 rings (SSSR count). The third-order valence-electron chi connectivity index (χ3n) is 4.65. The van der Waals surface area contributed by atoms with Gasteiger partial charge in [0.15, 0.2) is 0 Å². The summed E-state index contributed by atoms with van der Waals surface area (Å²) < 4.78 is 2.75. The Morgan fingerprint density at radius 2 is 1.97 bits per heavy atom. The molecule has 0 saturated heterocycles. The van der Waals surface area contributed by atoms with Crippen molar-refractivity contribution in [3.05, 3.63) is 34.5 Å². The van der Waals surface area contributed by atoms with E-state index in [0.717, 1.165) is 26.5 Å². The normalized spacial score (nSPS) is 13.1. The monoisotopic (exact) mass is 506 g/mol. The van der Waals surface area contributed by atoms with Gasteiger partial charge in [-0.25, -0.2) is 0 Å². The zero-order chi connectivity index (χ0) is 22.9. The van der Waals surface area contributed by atoms with Crippen LogP contribution in [0.2, 0.25) is 10.2 Å². The van der Waals surface area contributed by atoms with Gasteiger partial charge < -0.3 is 0 Å². The van der Waals surface area contributed by atoms with Crippen LogP contribution >= 0.6 is 11.6 Å². The van der Waals surface area contributed by atoms with Crippen LogP contribution in [0, 0.1) is 0 Å². The molecule has 2 unspecified atom stereocenters. The summed E-state index contributed by atoms with van der Waals surface area (Å²) in [5.41, 5.74) is 9.28. The molecule has 0 aliphatic rings. The van der Waals surface area contributed by atoms with Crippen molar-refractivity contribution in [3.63, 3.8) is 0 Å². The van der Waals surface area contributed by atoms with Gasteiger partial charge in [0.25, 0.3) is 0 Å². The number of nitrogens with two attached hydrogens (primary N) is 1. The first-order chi connectivity index (χ1) is 14.6. The fourth-order valence-electron chi connectivity index (χ4n) is 3.15. The van der Waals surface area contributed by atoms with Crippen LogP contribution in [0.4, 0.5) is 11.5 Å². The van der Waals surface area contributed by atoms with Crippen molar-refractivity contribution < 1.29 is 9.90 Å². The van der Waals surface area contributed by atoms with Crippen LogP contribution in [0.25, 0.3) is 11.0 Å². The van der Waals surface area contributed by atoms with E-state index in [9.17, 15) is 9.90 Å². The number of hydrogen-bond acceptors (Lipinski definition) is 6. The molecular formula is C21H28AsClN6O2. The Balaban J connectivity index is 2.17. The van der Waals surface area contributed by atoms with Crippen LogP contribution < -0.4 is 15.7 Å². The third-order valence-corrected chi connectivity index (χ3v) is 7.88.